The van der Waals surface area contributed by atoms with Gasteiger partial charge in [-0.3, -0.25) is 4.79 Å². The molecule has 148 valence electrons. The van der Waals surface area contributed by atoms with Gasteiger partial charge in [-0.1, -0.05) is 23.7 Å². The van der Waals surface area contributed by atoms with Crippen LogP contribution in [0.25, 0.3) is 0 Å². The van der Waals surface area contributed by atoms with E-state index in [2.05, 4.69) is 15.0 Å². The molecular weight excluding hydrogens is 415 g/mol. The van der Waals surface area contributed by atoms with Gasteiger partial charge in [0.1, 0.15) is 10.8 Å². The minimum atomic E-state index is -0.533. The highest BCUT2D eigenvalue weighted by Crippen LogP contribution is 2.27. The Morgan fingerprint density at radius 1 is 1.17 bits per heavy atom. The number of rotatable bonds is 6. The van der Waals surface area contributed by atoms with Crippen molar-refractivity contribution in [2.75, 3.05) is 12.4 Å². The van der Waals surface area contributed by atoms with Crippen molar-refractivity contribution in [2.24, 2.45) is 0 Å². The van der Waals surface area contributed by atoms with E-state index in [0.717, 1.165) is 5.56 Å². The van der Waals surface area contributed by atoms with Crippen LogP contribution in [0.2, 0.25) is 5.02 Å². The molecule has 0 saturated heterocycles. The minimum Gasteiger partial charge on any atom is -0.465 e. The second-order valence-electron chi connectivity index (χ2n) is 5.91. The van der Waals surface area contributed by atoms with Crippen molar-refractivity contribution in [2.45, 2.75) is 10.8 Å². The molecular formula is C21H16ClFN2O3S. The molecule has 0 unspecified atom stereocenters. The molecule has 0 aliphatic heterocycles. The Bertz CT molecular complexity index is 1040. The van der Waals surface area contributed by atoms with Gasteiger partial charge in [-0.2, -0.15) is 0 Å². The number of nitrogens with one attached hydrogen (secondary N) is 1. The van der Waals surface area contributed by atoms with Crippen molar-refractivity contribution >= 4 is 40.9 Å². The van der Waals surface area contributed by atoms with Gasteiger partial charge in [0.25, 0.3) is 5.91 Å². The van der Waals surface area contributed by atoms with E-state index in [0.29, 0.717) is 16.3 Å². The number of halogens is 2. The van der Waals surface area contributed by atoms with Crippen LogP contribution in [0, 0.1) is 5.82 Å². The van der Waals surface area contributed by atoms with Crippen molar-refractivity contribution in [3.63, 3.8) is 0 Å². The number of amides is 1. The van der Waals surface area contributed by atoms with Gasteiger partial charge in [0.15, 0.2) is 0 Å². The number of aromatic nitrogens is 1. The molecule has 0 atom stereocenters. The van der Waals surface area contributed by atoms with Crippen LogP contribution in [0.3, 0.4) is 0 Å². The summed E-state index contributed by atoms with van der Waals surface area (Å²) >= 11 is 7.51. The van der Waals surface area contributed by atoms with Crippen LogP contribution >= 0.6 is 23.4 Å². The Hall–Kier alpha value is -2.90. The molecule has 0 aliphatic rings. The molecule has 29 heavy (non-hydrogen) atoms. The standard InChI is InChI=1S/C21H16ClFN2O3S/c1-28-21(27)14-6-9-17(22)18(11-14)25-19(26)16-3-2-10-24-20(16)29-12-13-4-7-15(23)8-5-13/h2-11H,12H2,1H3,(H,25,26). The van der Waals surface area contributed by atoms with Crippen LogP contribution < -0.4 is 5.32 Å². The average molecular weight is 431 g/mol. The van der Waals surface area contributed by atoms with Gasteiger partial charge in [0.05, 0.1) is 28.9 Å². The highest BCUT2D eigenvalue weighted by atomic mass is 35.5. The summed E-state index contributed by atoms with van der Waals surface area (Å²) in [4.78, 5) is 28.8. The first kappa shape index (κ1) is 20.8. The molecule has 3 rings (SSSR count). The van der Waals surface area contributed by atoms with E-state index in [1.54, 1.807) is 30.5 Å². The largest absolute Gasteiger partial charge is 0.465 e. The summed E-state index contributed by atoms with van der Waals surface area (Å²) in [5.74, 6) is -0.726. The first-order chi connectivity index (χ1) is 14.0. The van der Waals surface area contributed by atoms with E-state index in [1.807, 2.05) is 0 Å². The first-order valence-corrected chi connectivity index (χ1v) is 9.86. The van der Waals surface area contributed by atoms with Crippen LogP contribution in [0.1, 0.15) is 26.3 Å². The number of carbonyl (C=O) groups excluding carboxylic acids is 2. The van der Waals surface area contributed by atoms with Crippen molar-refractivity contribution in [3.8, 4) is 0 Å². The number of pyridine rings is 1. The maximum Gasteiger partial charge on any atom is 0.337 e. The molecule has 0 bridgehead atoms. The molecule has 1 aromatic heterocycles. The van der Waals surface area contributed by atoms with Crippen LogP contribution in [0.5, 0.6) is 0 Å². The van der Waals surface area contributed by atoms with Gasteiger partial charge in [-0.25, -0.2) is 14.2 Å². The molecule has 0 saturated carbocycles. The summed E-state index contributed by atoms with van der Waals surface area (Å²) in [6.45, 7) is 0. The third-order valence-corrected chi connectivity index (χ3v) is 5.35. The number of anilines is 1. The Balaban J connectivity index is 1.78. The van der Waals surface area contributed by atoms with Gasteiger partial charge in [-0.15, -0.1) is 11.8 Å². The average Bonchev–Trinajstić information content (AvgIpc) is 2.74. The topological polar surface area (TPSA) is 68.3 Å². The Labute approximate surface area is 176 Å². The van der Waals surface area contributed by atoms with Crippen LogP contribution in [-0.2, 0) is 10.5 Å². The highest BCUT2D eigenvalue weighted by Gasteiger charge is 2.16. The van der Waals surface area contributed by atoms with E-state index in [-0.39, 0.29) is 22.1 Å². The molecule has 0 spiro atoms. The number of hydrogen-bond acceptors (Lipinski definition) is 5. The number of hydrogen-bond donors (Lipinski definition) is 1. The van der Waals surface area contributed by atoms with Crippen molar-refractivity contribution in [3.05, 3.63) is 88.3 Å². The van der Waals surface area contributed by atoms with Gasteiger partial charge >= 0.3 is 5.97 Å². The lowest BCUT2D eigenvalue weighted by atomic mass is 10.2. The molecule has 1 heterocycles. The second kappa shape index (κ2) is 9.54. The number of carbonyl (C=O) groups is 2. The Kier molecular flexibility index (Phi) is 6.85. The van der Waals surface area contributed by atoms with E-state index in [1.165, 1.54) is 49.2 Å². The molecule has 2 aromatic carbocycles. The molecule has 8 heteroatoms. The van der Waals surface area contributed by atoms with Gasteiger partial charge < -0.3 is 10.1 Å². The van der Waals surface area contributed by atoms with Crippen molar-refractivity contribution in [1.29, 1.82) is 0 Å². The number of nitrogens with zero attached hydrogens (tertiary/aromatic N) is 1. The Morgan fingerprint density at radius 2 is 1.93 bits per heavy atom. The summed E-state index contributed by atoms with van der Waals surface area (Å²) in [7, 11) is 1.27. The lowest BCUT2D eigenvalue weighted by molar-refractivity contribution is 0.0600. The maximum atomic E-state index is 13.0. The Morgan fingerprint density at radius 3 is 2.66 bits per heavy atom. The highest BCUT2D eigenvalue weighted by molar-refractivity contribution is 7.98. The predicted octanol–water partition coefficient (Wildman–Crippen LogP) is 5.21. The van der Waals surface area contributed by atoms with E-state index in [9.17, 15) is 14.0 Å². The minimum absolute atomic E-state index is 0.268. The van der Waals surface area contributed by atoms with E-state index in [4.69, 9.17) is 11.6 Å². The van der Waals surface area contributed by atoms with Crippen molar-refractivity contribution in [1.82, 2.24) is 4.98 Å². The van der Waals surface area contributed by atoms with Crippen molar-refractivity contribution < 1.29 is 18.7 Å². The molecule has 0 aliphatic carbocycles. The van der Waals surface area contributed by atoms with Gasteiger partial charge in [0.2, 0.25) is 0 Å². The fraction of sp³-hybridized carbons (Fsp3) is 0.0952. The lowest BCUT2D eigenvalue weighted by Gasteiger charge is -2.11. The van der Waals surface area contributed by atoms with Crippen LogP contribution in [-0.4, -0.2) is 24.0 Å². The van der Waals surface area contributed by atoms with E-state index < -0.39 is 11.9 Å². The molecule has 3 aromatic rings. The third kappa shape index (κ3) is 5.34. The summed E-state index contributed by atoms with van der Waals surface area (Å²) in [6, 6.07) is 13.9. The number of esters is 1. The second-order valence-corrected chi connectivity index (χ2v) is 7.28. The lowest BCUT2D eigenvalue weighted by Crippen LogP contribution is -2.14. The monoisotopic (exact) mass is 430 g/mol. The molecule has 0 radical (unpaired) electrons. The fourth-order valence-corrected chi connectivity index (χ4v) is 3.58. The molecule has 1 N–H and O–H groups in total. The summed E-state index contributed by atoms with van der Waals surface area (Å²) in [5.41, 5.74) is 1.82. The number of methoxy groups -OCH3 is 1. The molecule has 1 amide bonds. The van der Waals surface area contributed by atoms with E-state index >= 15 is 0 Å². The number of thioether (sulfide) groups is 1. The van der Waals surface area contributed by atoms with Crippen LogP contribution in [0.4, 0.5) is 10.1 Å². The predicted molar refractivity (Wildman–Crippen MR) is 111 cm³/mol. The maximum absolute atomic E-state index is 13.0. The normalized spacial score (nSPS) is 10.4. The van der Waals surface area contributed by atoms with Gasteiger partial charge in [0, 0.05) is 11.9 Å². The summed E-state index contributed by atoms with van der Waals surface area (Å²) < 4.78 is 17.7. The summed E-state index contributed by atoms with van der Waals surface area (Å²) in [6.07, 6.45) is 1.59. The zero-order valence-electron chi connectivity index (χ0n) is 15.3. The smallest absolute Gasteiger partial charge is 0.337 e. The third-order valence-electron chi connectivity index (χ3n) is 3.94. The fourth-order valence-electron chi connectivity index (χ4n) is 2.47. The zero-order chi connectivity index (χ0) is 20.8. The number of ether oxygens (including phenoxy) is 1. The van der Waals surface area contributed by atoms with Gasteiger partial charge in [-0.05, 0) is 48.0 Å². The summed E-state index contributed by atoms with van der Waals surface area (Å²) in [5, 5.41) is 3.52. The quantitative estimate of drug-likeness (QED) is 0.429. The SMILES string of the molecule is COC(=O)c1ccc(Cl)c(NC(=O)c2cccnc2SCc2ccc(F)cc2)c1. The first-order valence-electron chi connectivity index (χ1n) is 8.49. The zero-order valence-corrected chi connectivity index (χ0v) is 16.9. The van der Waals surface area contributed by atoms with Crippen LogP contribution in [0.15, 0.2) is 65.8 Å². The molecule has 0 fully saturated rings. The molecule has 5 nitrogen and oxygen atoms in total. The number of benzene rings is 2.